The zero-order valence-corrected chi connectivity index (χ0v) is 19.2. The second kappa shape index (κ2) is 6.72. The van der Waals surface area contributed by atoms with Crippen LogP contribution in [0.15, 0.2) is 72.3 Å². The average molecular weight is 444 g/mol. The van der Waals surface area contributed by atoms with E-state index in [-0.39, 0.29) is 28.8 Å². The summed E-state index contributed by atoms with van der Waals surface area (Å²) in [7, 11) is 0. The summed E-state index contributed by atoms with van der Waals surface area (Å²) < 4.78 is 0. The molecule has 2 aromatic rings. The number of fused-ring (bicyclic) bond motifs is 6. The van der Waals surface area contributed by atoms with Crippen LogP contribution in [0.1, 0.15) is 43.0 Å². The van der Waals surface area contributed by atoms with Crippen LogP contribution < -0.4 is 0 Å². The Bertz CT molecular complexity index is 1180. The Morgan fingerprint density at radius 2 is 1.58 bits per heavy atom. The van der Waals surface area contributed by atoms with Crippen LogP contribution in [-0.4, -0.2) is 49.9 Å². The topological polar surface area (TPSA) is 67.2 Å². The van der Waals surface area contributed by atoms with Crippen molar-refractivity contribution in [3.05, 3.63) is 94.5 Å². The summed E-state index contributed by atoms with van der Waals surface area (Å²) in [6.45, 7) is 6.70. The molecule has 33 heavy (non-hydrogen) atoms. The molecular formula is C27H29N3O3. The molecule has 0 aromatic heterocycles. The van der Waals surface area contributed by atoms with Crippen molar-refractivity contribution in [2.75, 3.05) is 6.67 Å². The second-order valence-corrected chi connectivity index (χ2v) is 10.2. The monoisotopic (exact) mass is 443 g/mol. The summed E-state index contributed by atoms with van der Waals surface area (Å²) in [5, 5.41) is 25.3. The summed E-state index contributed by atoms with van der Waals surface area (Å²) in [6.07, 6.45) is 3.95. The van der Waals surface area contributed by atoms with Gasteiger partial charge in [-0.3, -0.25) is 9.80 Å². The number of aliphatic hydroxyl groups excluding tert-OH is 2. The molecule has 0 bridgehead atoms. The minimum absolute atomic E-state index is 0.0681. The number of carbonyl (C=O) groups excluding carboxylic acids is 1. The number of hydrogen-bond donors (Lipinski definition) is 2. The molecule has 6 rings (SSSR count). The van der Waals surface area contributed by atoms with Crippen molar-refractivity contribution in [1.29, 1.82) is 0 Å². The van der Waals surface area contributed by atoms with E-state index in [9.17, 15) is 15.0 Å². The molecule has 2 aliphatic carbocycles. The standard InChI is InChI=1S/C27H29N3O3/c1-17(2)28-16-30(29-13-12-22(31)24(32)23(29)25(28)33)27-20-10-6-4-8-18(20)14-26(27,3)15-19-9-5-7-11-21(19)27/h4-13,17,22,31-32H,14-16H2,1-3H3. The van der Waals surface area contributed by atoms with Crippen LogP contribution in [0.25, 0.3) is 0 Å². The summed E-state index contributed by atoms with van der Waals surface area (Å²) in [5.41, 5.74) is 4.59. The van der Waals surface area contributed by atoms with Crippen LogP contribution in [0.4, 0.5) is 0 Å². The van der Waals surface area contributed by atoms with E-state index in [1.807, 2.05) is 13.8 Å². The van der Waals surface area contributed by atoms with E-state index < -0.39 is 11.6 Å². The number of benzene rings is 2. The first-order valence-electron chi connectivity index (χ1n) is 11.6. The molecule has 170 valence electrons. The average Bonchev–Trinajstić information content (AvgIpc) is 3.19. The number of aliphatic hydroxyl groups is 2. The van der Waals surface area contributed by atoms with E-state index >= 15 is 0 Å². The van der Waals surface area contributed by atoms with Gasteiger partial charge < -0.3 is 15.1 Å². The first-order valence-corrected chi connectivity index (χ1v) is 11.6. The minimum Gasteiger partial charge on any atom is -0.507 e. The number of hydrazine groups is 1. The van der Waals surface area contributed by atoms with Gasteiger partial charge in [-0.25, -0.2) is 0 Å². The van der Waals surface area contributed by atoms with Crippen molar-refractivity contribution < 1.29 is 15.0 Å². The molecule has 1 fully saturated rings. The van der Waals surface area contributed by atoms with E-state index in [2.05, 4.69) is 60.5 Å². The van der Waals surface area contributed by atoms with Crippen LogP contribution in [-0.2, 0) is 23.2 Å². The molecule has 0 saturated carbocycles. The highest BCUT2D eigenvalue weighted by Gasteiger charge is 2.66. The molecule has 1 saturated heterocycles. The van der Waals surface area contributed by atoms with Crippen LogP contribution in [0, 0.1) is 5.41 Å². The van der Waals surface area contributed by atoms with Gasteiger partial charge in [0, 0.05) is 17.7 Å². The normalized spacial score (nSPS) is 30.6. The Hall–Kier alpha value is -3.09. The molecule has 2 aliphatic heterocycles. The number of rotatable bonds is 2. The molecule has 1 atom stereocenters. The molecule has 2 N–H and O–H groups in total. The number of hydrogen-bond acceptors (Lipinski definition) is 5. The SMILES string of the molecule is CC(C)N1CN(C23c4ccccc4CC2(C)Cc2ccccc23)N2C=CC(O)C(O)=C2C1=O. The highest BCUT2D eigenvalue weighted by molar-refractivity contribution is 5.94. The lowest BCUT2D eigenvalue weighted by Crippen LogP contribution is -2.67. The third-order valence-electron chi connectivity index (χ3n) is 8.03. The summed E-state index contributed by atoms with van der Waals surface area (Å²) >= 11 is 0. The maximum Gasteiger partial charge on any atom is 0.276 e. The van der Waals surface area contributed by atoms with E-state index in [1.54, 1.807) is 22.2 Å². The Morgan fingerprint density at radius 1 is 1.00 bits per heavy atom. The Kier molecular flexibility index (Phi) is 4.17. The van der Waals surface area contributed by atoms with Crippen molar-refractivity contribution in [3.8, 4) is 0 Å². The van der Waals surface area contributed by atoms with E-state index in [1.165, 1.54) is 22.3 Å². The molecule has 1 amide bonds. The lowest BCUT2D eigenvalue weighted by Gasteiger charge is -2.57. The van der Waals surface area contributed by atoms with E-state index in [4.69, 9.17) is 0 Å². The maximum atomic E-state index is 13.5. The van der Waals surface area contributed by atoms with Gasteiger partial charge in [0.2, 0.25) is 0 Å². The summed E-state index contributed by atoms with van der Waals surface area (Å²) in [4.78, 5) is 15.3. The molecule has 2 aromatic carbocycles. The fraction of sp³-hybridized carbons (Fsp3) is 0.370. The van der Waals surface area contributed by atoms with Gasteiger partial charge in [-0.15, -0.1) is 0 Å². The van der Waals surface area contributed by atoms with Crippen molar-refractivity contribution in [2.45, 2.75) is 51.3 Å². The summed E-state index contributed by atoms with van der Waals surface area (Å²) in [6, 6.07) is 17.1. The van der Waals surface area contributed by atoms with Crippen LogP contribution in [0.3, 0.4) is 0 Å². The molecule has 1 unspecified atom stereocenters. The van der Waals surface area contributed by atoms with Crippen molar-refractivity contribution >= 4 is 5.91 Å². The first kappa shape index (κ1) is 20.5. The van der Waals surface area contributed by atoms with Crippen molar-refractivity contribution in [1.82, 2.24) is 14.9 Å². The van der Waals surface area contributed by atoms with E-state index in [0.717, 1.165) is 12.8 Å². The van der Waals surface area contributed by atoms with E-state index in [0.29, 0.717) is 6.67 Å². The van der Waals surface area contributed by atoms with Crippen molar-refractivity contribution in [2.24, 2.45) is 5.41 Å². The Balaban J connectivity index is 1.66. The molecule has 4 aliphatic rings. The van der Waals surface area contributed by atoms with Gasteiger partial charge >= 0.3 is 0 Å². The highest BCUT2D eigenvalue weighted by atomic mass is 16.3. The fourth-order valence-electron chi connectivity index (χ4n) is 6.67. The fourth-order valence-corrected chi connectivity index (χ4v) is 6.67. The van der Waals surface area contributed by atoms with Crippen LogP contribution in [0.2, 0.25) is 0 Å². The minimum atomic E-state index is -1.19. The van der Waals surface area contributed by atoms with Crippen LogP contribution in [0.5, 0.6) is 0 Å². The molecule has 6 heteroatoms. The van der Waals surface area contributed by atoms with Gasteiger partial charge in [0.1, 0.15) is 6.10 Å². The number of carbonyl (C=O) groups is 1. The van der Waals surface area contributed by atoms with Gasteiger partial charge in [-0.05, 0) is 55.0 Å². The largest absolute Gasteiger partial charge is 0.507 e. The summed E-state index contributed by atoms with van der Waals surface area (Å²) in [5.74, 6) is -0.564. The van der Waals surface area contributed by atoms with Gasteiger partial charge in [-0.1, -0.05) is 55.5 Å². The van der Waals surface area contributed by atoms with Gasteiger partial charge in [0.25, 0.3) is 5.91 Å². The molecule has 2 heterocycles. The van der Waals surface area contributed by atoms with Gasteiger partial charge in [0.15, 0.2) is 11.5 Å². The van der Waals surface area contributed by atoms with Crippen molar-refractivity contribution in [3.63, 3.8) is 0 Å². The smallest absolute Gasteiger partial charge is 0.276 e. The molecule has 0 spiro atoms. The third kappa shape index (κ3) is 2.43. The number of nitrogens with zero attached hydrogens (tertiary/aromatic N) is 3. The van der Waals surface area contributed by atoms with Gasteiger partial charge in [0.05, 0.1) is 12.2 Å². The first-order chi connectivity index (χ1) is 15.8. The molecule has 0 radical (unpaired) electrons. The second-order valence-electron chi connectivity index (χ2n) is 10.2. The zero-order chi connectivity index (χ0) is 23.1. The maximum absolute atomic E-state index is 13.5. The lowest BCUT2D eigenvalue weighted by atomic mass is 9.71. The predicted octanol–water partition coefficient (Wildman–Crippen LogP) is 3.43. The third-order valence-corrected chi connectivity index (χ3v) is 8.03. The molecule has 6 nitrogen and oxygen atoms in total. The molecular weight excluding hydrogens is 414 g/mol. The van der Waals surface area contributed by atoms with Gasteiger partial charge in [-0.2, -0.15) is 5.01 Å². The Labute approximate surface area is 194 Å². The highest BCUT2D eigenvalue weighted by Crippen LogP contribution is 2.64. The van der Waals surface area contributed by atoms with Crippen LogP contribution >= 0.6 is 0 Å². The number of amides is 1. The lowest BCUT2D eigenvalue weighted by molar-refractivity contribution is -0.173. The quantitative estimate of drug-likeness (QED) is 0.745. The predicted molar refractivity (Wildman–Crippen MR) is 125 cm³/mol. The zero-order valence-electron chi connectivity index (χ0n) is 19.2. The Morgan fingerprint density at radius 3 is 2.15 bits per heavy atom.